The van der Waals surface area contributed by atoms with Gasteiger partial charge in [0.2, 0.25) is 0 Å². The quantitative estimate of drug-likeness (QED) is 0.715. The topological polar surface area (TPSA) is 84.2 Å². The molecule has 0 aliphatic heterocycles. The number of rotatable bonds is 4. The molecule has 16 heavy (non-hydrogen) atoms. The van der Waals surface area contributed by atoms with Crippen molar-refractivity contribution in [1.29, 1.82) is 0 Å². The number of halogens is 1. The third kappa shape index (κ3) is 3.01. The summed E-state index contributed by atoms with van der Waals surface area (Å²) in [6, 6.07) is 4.67. The van der Waals surface area contributed by atoms with Crippen LogP contribution in [-0.2, 0) is 10.2 Å². The van der Waals surface area contributed by atoms with Gasteiger partial charge in [-0.3, -0.25) is 4.72 Å². The maximum absolute atomic E-state index is 11.6. The highest BCUT2D eigenvalue weighted by atomic mass is 35.5. The highest BCUT2D eigenvalue weighted by molar-refractivity contribution is 7.90. The lowest BCUT2D eigenvalue weighted by atomic mass is 10.3. The van der Waals surface area contributed by atoms with Crippen LogP contribution in [0.25, 0.3) is 0 Å². The van der Waals surface area contributed by atoms with Gasteiger partial charge in [-0.2, -0.15) is 13.1 Å². The normalized spacial score (nSPS) is 16.1. The monoisotopic (exact) mass is 261 g/mol. The second-order valence-corrected chi connectivity index (χ2v) is 5.59. The number of hydrogen-bond donors (Lipinski definition) is 3. The maximum atomic E-state index is 11.6. The van der Waals surface area contributed by atoms with Crippen molar-refractivity contribution in [3.8, 4) is 0 Å². The molecule has 1 aliphatic carbocycles. The third-order valence-electron chi connectivity index (χ3n) is 2.14. The van der Waals surface area contributed by atoms with Crippen molar-refractivity contribution in [3.05, 3.63) is 23.2 Å². The Kier molecular flexibility index (Phi) is 2.96. The molecule has 88 valence electrons. The Hall–Kier alpha value is -0.980. The van der Waals surface area contributed by atoms with Crippen molar-refractivity contribution in [2.45, 2.75) is 18.9 Å². The van der Waals surface area contributed by atoms with Crippen LogP contribution in [-0.4, -0.2) is 14.5 Å². The minimum absolute atomic E-state index is 0.0602. The molecule has 2 rings (SSSR count). The Bertz CT molecular complexity index is 499. The summed E-state index contributed by atoms with van der Waals surface area (Å²) in [6.07, 6.45) is 1.77. The average Bonchev–Trinajstić information content (AvgIpc) is 2.93. The zero-order valence-electron chi connectivity index (χ0n) is 8.40. The molecule has 0 atom stereocenters. The molecule has 0 unspecified atom stereocenters. The molecule has 1 aromatic carbocycles. The summed E-state index contributed by atoms with van der Waals surface area (Å²) < 4.78 is 28.0. The predicted octanol–water partition coefficient (Wildman–Crippen LogP) is 1.33. The largest absolute Gasteiger partial charge is 0.399 e. The van der Waals surface area contributed by atoms with Crippen LogP contribution in [0.3, 0.4) is 0 Å². The van der Waals surface area contributed by atoms with E-state index in [1.807, 2.05) is 0 Å². The first kappa shape index (κ1) is 11.5. The fraction of sp³-hybridized carbons (Fsp3) is 0.333. The number of nitrogens with one attached hydrogen (secondary N) is 2. The molecule has 7 heteroatoms. The summed E-state index contributed by atoms with van der Waals surface area (Å²) in [7, 11) is -3.53. The second-order valence-electron chi connectivity index (χ2n) is 3.74. The van der Waals surface area contributed by atoms with Crippen LogP contribution in [0.15, 0.2) is 18.2 Å². The van der Waals surface area contributed by atoms with Crippen molar-refractivity contribution in [3.63, 3.8) is 0 Å². The summed E-state index contributed by atoms with van der Waals surface area (Å²) in [5.74, 6) is 0. The van der Waals surface area contributed by atoms with Crippen LogP contribution in [0.2, 0.25) is 5.02 Å². The third-order valence-corrected chi connectivity index (χ3v) is 3.58. The molecule has 1 aromatic rings. The van der Waals surface area contributed by atoms with Crippen LogP contribution < -0.4 is 15.2 Å². The van der Waals surface area contributed by atoms with Crippen LogP contribution >= 0.6 is 11.6 Å². The Morgan fingerprint density at radius 2 is 2.06 bits per heavy atom. The fourth-order valence-electron chi connectivity index (χ4n) is 1.21. The molecular weight excluding hydrogens is 250 g/mol. The molecule has 0 saturated heterocycles. The number of anilines is 2. The number of nitrogens with two attached hydrogens (primary N) is 1. The molecule has 0 aromatic heterocycles. The standard InChI is InChI=1S/C9H12ClN3O2S/c10-8-5-6(11)1-4-9(8)13-16(14,15)12-7-2-3-7/h1,4-5,7,12-13H,2-3,11H2. The van der Waals surface area contributed by atoms with E-state index < -0.39 is 10.2 Å². The Labute approximate surface area is 99.2 Å². The van der Waals surface area contributed by atoms with E-state index in [-0.39, 0.29) is 11.1 Å². The minimum atomic E-state index is -3.53. The summed E-state index contributed by atoms with van der Waals surface area (Å²) in [5.41, 5.74) is 6.32. The van der Waals surface area contributed by atoms with E-state index in [4.69, 9.17) is 17.3 Å². The van der Waals surface area contributed by atoms with Gasteiger partial charge in [0.1, 0.15) is 0 Å². The summed E-state index contributed by atoms with van der Waals surface area (Å²) in [4.78, 5) is 0. The van der Waals surface area contributed by atoms with Gasteiger partial charge in [-0.1, -0.05) is 11.6 Å². The van der Waals surface area contributed by atoms with E-state index in [9.17, 15) is 8.42 Å². The first-order valence-electron chi connectivity index (χ1n) is 4.81. The van der Waals surface area contributed by atoms with Gasteiger partial charge in [-0.25, -0.2) is 0 Å². The molecule has 0 heterocycles. The lowest BCUT2D eigenvalue weighted by Gasteiger charge is -2.10. The van der Waals surface area contributed by atoms with E-state index in [1.165, 1.54) is 12.1 Å². The van der Waals surface area contributed by atoms with Gasteiger partial charge in [0.05, 0.1) is 10.7 Å². The van der Waals surface area contributed by atoms with Gasteiger partial charge in [0.15, 0.2) is 0 Å². The van der Waals surface area contributed by atoms with E-state index in [0.29, 0.717) is 11.4 Å². The smallest absolute Gasteiger partial charge is 0.299 e. The zero-order valence-corrected chi connectivity index (χ0v) is 9.98. The first-order valence-corrected chi connectivity index (χ1v) is 6.67. The fourth-order valence-corrected chi connectivity index (χ4v) is 2.70. The summed E-state index contributed by atoms with van der Waals surface area (Å²) in [5, 5.41) is 0.279. The Morgan fingerprint density at radius 3 is 2.62 bits per heavy atom. The highest BCUT2D eigenvalue weighted by Crippen LogP contribution is 2.26. The van der Waals surface area contributed by atoms with E-state index in [2.05, 4.69) is 9.44 Å². The number of nitrogen functional groups attached to an aromatic ring is 1. The van der Waals surface area contributed by atoms with Gasteiger partial charge in [-0.05, 0) is 31.0 Å². The van der Waals surface area contributed by atoms with Gasteiger partial charge >= 0.3 is 0 Å². The van der Waals surface area contributed by atoms with Gasteiger partial charge in [0.25, 0.3) is 10.2 Å². The summed E-state index contributed by atoms with van der Waals surface area (Å²) in [6.45, 7) is 0. The molecule has 0 spiro atoms. The van der Waals surface area contributed by atoms with Gasteiger partial charge in [0, 0.05) is 11.7 Å². The van der Waals surface area contributed by atoms with Crippen LogP contribution in [0.4, 0.5) is 11.4 Å². The van der Waals surface area contributed by atoms with Crippen molar-refractivity contribution < 1.29 is 8.42 Å². The van der Waals surface area contributed by atoms with Crippen LogP contribution in [0, 0.1) is 0 Å². The molecule has 0 radical (unpaired) electrons. The Balaban J connectivity index is 2.13. The zero-order chi connectivity index (χ0) is 11.8. The molecule has 0 bridgehead atoms. The molecule has 0 amide bonds. The number of hydrogen-bond acceptors (Lipinski definition) is 3. The molecular formula is C9H12ClN3O2S. The van der Waals surface area contributed by atoms with E-state index in [0.717, 1.165) is 12.8 Å². The lowest BCUT2D eigenvalue weighted by molar-refractivity contribution is 0.586. The Morgan fingerprint density at radius 1 is 1.38 bits per heavy atom. The molecule has 5 nitrogen and oxygen atoms in total. The van der Waals surface area contributed by atoms with E-state index >= 15 is 0 Å². The van der Waals surface area contributed by atoms with Crippen molar-refractivity contribution in [2.75, 3.05) is 10.5 Å². The SMILES string of the molecule is Nc1ccc(NS(=O)(=O)NC2CC2)c(Cl)c1. The highest BCUT2D eigenvalue weighted by Gasteiger charge is 2.27. The minimum Gasteiger partial charge on any atom is -0.399 e. The van der Waals surface area contributed by atoms with E-state index in [1.54, 1.807) is 6.07 Å². The van der Waals surface area contributed by atoms with Crippen molar-refractivity contribution >= 4 is 33.2 Å². The molecule has 1 fully saturated rings. The first-order chi connectivity index (χ1) is 7.46. The predicted molar refractivity (Wildman–Crippen MR) is 64.6 cm³/mol. The van der Waals surface area contributed by atoms with Crippen molar-refractivity contribution in [2.24, 2.45) is 0 Å². The number of benzene rings is 1. The van der Waals surface area contributed by atoms with Gasteiger partial charge < -0.3 is 5.73 Å². The van der Waals surface area contributed by atoms with Crippen molar-refractivity contribution in [1.82, 2.24) is 4.72 Å². The van der Waals surface area contributed by atoms with Crippen LogP contribution in [0.1, 0.15) is 12.8 Å². The maximum Gasteiger partial charge on any atom is 0.299 e. The van der Waals surface area contributed by atoms with Crippen LogP contribution in [0.5, 0.6) is 0 Å². The summed E-state index contributed by atoms with van der Waals surface area (Å²) >= 11 is 5.85. The second kappa shape index (κ2) is 4.12. The average molecular weight is 262 g/mol. The molecule has 4 N–H and O–H groups in total. The molecule has 1 aliphatic rings. The lowest BCUT2D eigenvalue weighted by Crippen LogP contribution is -2.31. The molecule has 1 saturated carbocycles. The van der Waals surface area contributed by atoms with Gasteiger partial charge in [-0.15, -0.1) is 0 Å².